The molecule has 7 nitrogen and oxygen atoms in total. The Labute approximate surface area is 229 Å². The van der Waals surface area contributed by atoms with E-state index in [9.17, 15) is 14.7 Å². The SMILES string of the molecule is CCc1ccc(C2/C(=C(\O)c3cc(C(C)C)c(OC)cc3C)C(=O)C(=O)N2c2cc(OC)cc(OC)c2)cc1. The molecule has 1 aliphatic heterocycles. The van der Waals surface area contributed by atoms with Crippen molar-refractivity contribution < 1.29 is 28.9 Å². The second kappa shape index (κ2) is 11.2. The smallest absolute Gasteiger partial charge is 0.300 e. The van der Waals surface area contributed by atoms with E-state index in [1.165, 1.54) is 19.1 Å². The van der Waals surface area contributed by atoms with E-state index < -0.39 is 17.7 Å². The summed E-state index contributed by atoms with van der Waals surface area (Å²) < 4.78 is 16.4. The number of benzene rings is 3. The topological polar surface area (TPSA) is 85.3 Å². The number of anilines is 1. The summed E-state index contributed by atoms with van der Waals surface area (Å²) in [6.07, 6.45) is 0.844. The Morgan fingerprint density at radius 2 is 1.54 bits per heavy atom. The van der Waals surface area contributed by atoms with Gasteiger partial charge in [0.25, 0.3) is 11.7 Å². The summed E-state index contributed by atoms with van der Waals surface area (Å²) in [5.74, 6) is 0.0211. The summed E-state index contributed by atoms with van der Waals surface area (Å²) >= 11 is 0. The van der Waals surface area contributed by atoms with Crippen LogP contribution in [-0.4, -0.2) is 38.1 Å². The van der Waals surface area contributed by atoms with Gasteiger partial charge in [0.2, 0.25) is 0 Å². The predicted octanol–water partition coefficient (Wildman–Crippen LogP) is 6.33. The first-order chi connectivity index (χ1) is 18.6. The fourth-order valence-electron chi connectivity index (χ4n) is 5.01. The summed E-state index contributed by atoms with van der Waals surface area (Å²) in [5.41, 5.74) is 4.36. The number of carbonyl (C=O) groups is 2. The van der Waals surface area contributed by atoms with Crippen molar-refractivity contribution in [1.82, 2.24) is 0 Å². The molecule has 3 aromatic carbocycles. The van der Waals surface area contributed by atoms with Gasteiger partial charge in [-0.1, -0.05) is 45.0 Å². The maximum atomic E-state index is 13.7. The quantitative estimate of drug-likeness (QED) is 0.208. The summed E-state index contributed by atoms with van der Waals surface area (Å²) in [7, 11) is 4.65. The molecule has 1 N–H and O–H groups in total. The Morgan fingerprint density at radius 3 is 2.05 bits per heavy atom. The van der Waals surface area contributed by atoms with Crippen LogP contribution in [0.25, 0.3) is 5.76 Å². The number of aliphatic hydroxyl groups is 1. The van der Waals surface area contributed by atoms with Crippen LogP contribution in [0.5, 0.6) is 17.2 Å². The summed E-state index contributed by atoms with van der Waals surface area (Å²) in [6.45, 7) is 7.96. The summed E-state index contributed by atoms with van der Waals surface area (Å²) in [5, 5.41) is 11.7. The first kappa shape index (κ1) is 27.8. The van der Waals surface area contributed by atoms with Crippen LogP contribution in [-0.2, 0) is 16.0 Å². The van der Waals surface area contributed by atoms with E-state index in [0.29, 0.717) is 34.1 Å². The molecule has 1 aliphatic rings. The predicted molar refractivity (Wildman–Crippen MR) is 152 cm³/mol. The molecule has 1 fully saturated rings. The van der Waals surface area contributed by atoms with Gasteiger partial charge in [0.1, 0.15) is 23.0 Å². The van der Waals surface area contributed by atoms with Crippen LogP contribution >= 0.6 is 0 Å². The standard InChI is InChI=1S/C32H35NO6/c1-8-20-9-11-21(12-10-20)29-28(30(34)26-17-25(18(2)3)27(39-7)13-19(26)4)31(35)32(36)33(29)22-14-23(37-5)16-24(15-22)38-6/h9-18,29,34H,8H2,1-7H3/b30-28+. The highest BCUT2D eigenvalue weighted by molar-refractivity contribution is 6.51. The number of amides is 1. The number of aliphatic hydroxyl groups excluding tert-OH is 1. The normalized spacial score (nSPS) is 16.6. The Hall–Kier alpha value is -4.26. The molecule has 0 spiro atoms. The fourth-order valence-corrected chi connectivity index (χ4v) is 5.01. The molecule has 0 radical (unpaired) electrons. The van der Waals surface area contributed by atoms with Gasteiger partial charge >= 0.3 is 0 Å². The number of ketones is 1. The molecule has 1 atom stereocenters. The van der Waals surface area contributed by atoms with Crippen molar-refractivity contribution in [3.8, 4) is 17.2 Å². The van der Waals surface area contributed by atoms with Gasteiger partial charge in [-0.25, -0.2) is 0 Å². The van der Waals surface area contributed by atoms with Crippen LogP contribution in [0.15, 0.2) is 60.2 Å². The number of rotatable bonds is 8. The number of methoxy groups -OCH3 is 3. The van der Waals surface area contributed by atoms with Crippen LogP contribution in [0.4, 0.5) is 5.69 Å². The minimum absolute atomic E-state index is 0.0222. The van der Waals surface area contributed by atoms with E-state index in [1.54, 1.807) is 25.3 Å². The van der Waals surface area contributed by atoms with Gasteiger partial charge in [0.05, 0.1) is 38.6 Å². The highest BCUT2D eigenvalue weighted by Crippen LogP contribution is 2.45. The van der Waals surface area contributed by atoms with E-state index in [1.807, 2.05) is 57.2 Å². The van der Waals surface area contributed by atoms with Gasteiger partial charge in [0, 0.05) is 23.8 Å². The molecule has 4 rings (SSSR count). The highest BCUT2D eigenvalue weighted by Gasteiger charge is 2.47. The lowest BCUT2D eigenvalue weighted by molar-refractivity contribution is -0.132. The van der Waals surface area contributed by atoms with Gasteiger partial charge in [-0.2, -0.15) is 0 Å². The van der Waals surface area contributed by atoms with Crippen LogP contribution in [0.2, 0.25) is 0 Å². The zero-order valence-electron chi connectivity index (χ0n) is 23.5. The number of ether oxygens (including phenoxy) is 3. The zero-order chi connectivity index (χ0) is 28.4. The maximum absolute atomic E-state index is 13.7. The molecule has 0 aromatic heterocycles. The third-order valence-electron chi connectivity index (χ3n) is 7.22. The van der Waals surface area contributed by atoms with Crippen molar-refractivity contribution in [3.05, 3.63) is 88.0 Å². The monoisotopic (exact) mass is 529 g/mol. The van der Waals surface area contributed by atoms with E-state index >= 15 is 0 Å². The van der Waals surface area contributed by atoms with Crippen molar-refractivity contribution >= 4 is 23.1 Å². The van der Waals surface area contributed by atoms with Crippen molar-refractivity contribution in [1.29, 1.82) is 0 Å². The van der Waals surface area contributed by atoms with Gasteiger partial charge in [-0.15, -0.1) is 0 Å². The van der Waals surface area contributed by atoms with E-state index in [0.717, 1.165) is 23.1 Å². The Balaban J connectivity index is 2.00. The molecule has 0 saturated carbocycles. The molecule has 1 amide bonds. The Morgan fingerprint density at radius 1 is 0.923 bits per heavy atom. The highest BCUT2D eigenvalue weighted by atomic mass is 16.5. The molecule has 3 aromatic rings. The zero-order valence-corrected chi connectivity index (χ0v) is 23.5. The third kappa shape index (κ3) is 5.09. The molecule has 1 saturated heterocycles. The third-order valence-corrected chi connectivity index (χ3v) is 7.22. The average Bonchev–Trinajstić information content (AvgIpc) is 3.21. The molecule has 1 unspecified atom stereocenters. The largest absolute Gasteiger partial charge is 0.507 e. The Kier molecular flexibility index (Phi) is 8.00. The van der Waals surface area contributed by atoms with Crippen LogP contribution in [0.1, 0.15) is 60.5 Å². The maximum Gasteiger partial charge on any atom is 0.300 e. The molecule has 0 aliphatic carbocycles. The van der Waals surface area contributed by atoms with Crippen molar-refractivity contribution in [2.24, 2.45) is 0 Å². The summed E-state index contributed by atoms with van der Waals surface area (Å²) in [6, 6.07) is 15.6. The number of hydrogen-bond donors (Lipinski definition) is 1. The number of aryl methyl sites for hydroxylation is 2. The van der Waals surface area contributed by atoms with Gasteiger partial charge < -0.3 is 19.3 Å². The summed E-state index contributed by atoms with van der Waals surface area (Å²) in [4.78, 5) is 28.7. The van der Waals surface area contributed by atoms with Crippen molar-refractivity contribution in [3.63, 3.8) is 0 Å². The lowest BCUT2D eigenvalue weighted by Gasteiger charge is -2.26. The number of carbonyl (C=O) groups excluding carboxylic acids is 2. The second-order valence-corrected chi connectivity index (χ2v) is 9.90. The number of nitrogens with zero attached hydrogens (tertiary/aromatic N) is 1. The number of hydrogen-bond acceptors (Lipinski definition) is 6. The van der Waals surface area contributed by atoms with Crippen molar-refractivity contribution in [2.75, 3.05) is 26.2 Å². The van der Waals surface area contributed by atoms with E-state index in [-0.39, 0.29) is 17.3 Å². The first-order valence-electron chi connectivity index (χ1n) is 13.0. The molecular weight excluding hydrogens is 494 g/mol. The molecule has 1 heterocycles. The second-order valence-electron chi connectivity index (χ2n) is 9.90. The molecule has 204 valence electrons. The van der Waals surface area contributed by atoms with Crippen molar-refractivity contribution in [2.45, 2.75) is 46.1 Å². The molecular formula is C32H35NO6. The van der Waals surface area contributed by atoms with E-state index in [2.05, 4.69) is 6.92 Å². The van der Waals surface area contributed by atoms with Gasteiger partial charge in [-0.3, -0.25) is 14.5 Å². The van der Waals surface area contributed by atoms with E-state index in [4.69, 9.17) is 14.2 Å². The average molecular weight is 530 g/mol. The van der Waals surface area contributed by atoms with Crippen LogP contribution < -0.4 is 19.1 Å². The minimum Gasteiger partial charge on any atom is -0.507 e. The van der Waals surface area contributed by atoms with Gasteiger partial charge in [-0.05, 0) is 53.6 Å². The number of Topliss-reactive ketones (excluding diaryl/α,β-unsaturated/α-hetero) is 1. The van der Waals surface area contributed by atoms with Gasteiger partial charge in [0.15, 0.2) is 0 Å². The molecule has 7 heteroatoms. The lowest BCUT2D eigenvalue weighted by atomic mass is 9.90. The first-order valence-corrected chi connectivity index (χ1v) is 13.0. The molecule has 39 heavy (non-hydrogen) atoms. The Bertz CT molecular complexity index is 1420. The molecule has 0 bridgehead atoms. The minimum atomic E-state index is -0.864. The van der Waals surface area contributed by atoms with Crippen LogP contribution in [0, 0.1) is 6.92 Å². The fraction of sp³-hybridized carbons (Fsp3) is 0.312. The van der Waals surface area contributed by atoms with Crippen LogP contribution in [0.3, 0.4) is 0 Å². The lowest BCUT2D eigenvalue weighted by Crippen LogP contribution is -2.29.